The van der Waals surface area contributed by atoms with Gasteiger partial charge in [-0.3, -0.25) is 4.79 Å². The highest BCUT2D eigenvalue weighted by Gasteiger charge is 2.44. The summed E-state index contributed by atoms with van der Waals surface area (Å²) in [5, 5.41) is 2.96. The van der Waals surface area contributed by atoms with Crippen molar-refractivity contribution in [1.29, 1.82) is 0 Å². The normalized spacial score (nSPS) is 19.3. The van der Waals surface area contributed by atoms with E-state index in [1.807, 2.05) is 13.0 Å². The maximum absolute atomic E-state index is 11.6. The van der Waals surface area contributed by atoms with Gasteiger partial charge in [0, 0.05) is 18.4 Å². The number of carbonyl (C=O) groups is 1. The van der Waals surface area contributed by atoms with Crippen LogP contribution in [0.15, 0.2) is 24.3 Å². The lowest BCUT2D eigenvalue weighted by atomic mass is 9.95. The van der Waals surface area contributed by atoms with Gasteiger partial charge >= 0.3 is 0 Å². The van der Waals surface area contributed by atoms with Crippen LogP contribution in [0.2, 0.25) is 0 Å². The minimum Gasteiger partial charge on any atom is -0.497 e. The molecule has 1 fully saturated rings. The molecule has 0 unspecified atom stereocenters. The molecule has 1 amide bonds. The van der Waals surface area contributed by atoms with E-state index < -0.39 is 7.04 Å². The Kier molecular flexibility index (Phi) is 2.84. The van der Waals surface area contributed by atoms with Gasteiger partial charge in [-0.05, 0) is 37.0 Å². The third kappa shape index (κ3) is 2.84. The number of nitrogens with one attached hydrogen (secondary N) is 1. The second-order valence-electron chi connectivity index (χ2n) is 4.94. The molecule has 18 heavy (non-hydrogen) atoms. The second-order valence-corrected chi connectivity index (χ2v) is 4.94. The van der Waals surface area contributed by atoms with Gasteiger partial charge in [0.15, 0.2) is 0 Å². The summed E-state index contributed by atoms with van der Waals surface area (Å²) < 4.78 is 26.4. The minimum absolute atomic E-state index is 0.0580. The van der Waals surface area contributed by atoms with E-state index in [-0.39, 0.29) is 11.3 Å². The van der Waals surface area contributed by atoms with Gasteiger partial charge in [-0.15, -0.1) is 0 Å². The van der Waals surface area contributed by atoms with Crippen molar-refractivity contribution in [2.24, 2.45) is 0 Å². The molecule has 98 valence electrons. The van der Waals surface area contributed by atoms with Crippen molar-refractivity contribution in [3.63, 3.8) is 0 Å². The lowest BCUT2D eigenvalue weighted by Gasteiger charge is -2.17. The van der Waals surface area contributed by atoms with Crippen LogP contribution in [0, 0.1) is 0 Å². The highest BCUT2D eigenvalue weighted by atomic mass is 16.5. The number of rotatable bonds is 6. The van der Waals surface area contributed by atoms with E-state index >= 15 is 0 Å². The van der Waals surface area contributed by atoms with Crippen molar-refractivity contribution in [3.05, 3.63) is 29.8 Å². The van der Waals surface area contributed by atoms with Crippen molar-refractivity contribution in [1.82, 2.24) is 5.32 Å². The molecule has 0 bridgehead atoms. The van der Waals surface area contributed by atoms with Gasteiger partial charge in [-0.2, -0.15) is 0 Å². The quantitative estimate of drug-likeness (QED) is 0.843. The Morgan fingerprint density at radius 2 is 2.39 bits per heavy atom. The van der Waals surface area contributed by atoms with Crippen LogP contribution in [0.3, 0.4) is 0 Å². The van der Waals surface area contributed by atoms with Crippen molar-refractivity contribution < 1.29 is 13.6 Å². The third-order valence-corrected chi connectivity index (χ3v) is 3.52. The van der Waals surface area contributed by atoms with Crippen molar-refractivity contribution in [2.75, 3.05) is 13.6 Å². The van der Waals surface area contributed by atoms with Crippen molar-refractivity contribution in [3.8, 4) is 5.75 Å². The molecule has 0 spiro atoms. The van der Waals surface area contributed by atoms with Gasteiger partial charge in [0.25, 0.3) is 0 Å². The Morgan fingerprint density at radius 3 is 3.06 bits per heavy atom. The zero-order valence-corrected chi connectivity index (χ0v) is 10.7. The van der Waals surface area contributed by atoms with Crippen LogP contribution in [-0.4, -0.2) is 19.5 Å². The van der Waals surface area contributed by atoms with Crippen LogP contribution in [0.1, 0.15) is 42.3 Å². The predicted molar refractivity (Wildman–Crippen MR) is 71.8 cm³/mol. The number of methoxy groups -OCH3 is 1. The molecule has 0 aromatic heterocycles. The number of amides is 1. The topological polar surface area (TPSA) is 38.3 Å². The largest absolute Gasteiger partial charge is 0.497 e. The summed E-state index contributed by atoms with van der Waals surface area (Å²) in [6.45, 7) is 2.57. The molecular formula is C15H21NO2. The van der Waals surface area contributed by atoms with E-state index in [9.17, 15) is 4.79 Å². The molecule has 1 N–H and O–H groups in total. The van der Waals surface area contributed by atoms with Crippen molar-refractivity contribution in [2.45, 2.75) is 38.0 Å². The summed E-state index contributed by atoms with van der Waals surface area (Å²) in [5.74, 6) is 0.414. The average Bonchev–Trinajstić information content (AvgIpc) is 3.16. The minimum atomic E-state index is -2.44. The molecule has 0 saturated heterocycles. The Hall–Kier alpha value is -1.51. The third-order valence-electron chi connectivity index (χ3n) is 3.52. The lowest BCUT2D eigenvalue weighted by Crippen LogP contribution is -2.31. The molecule has 1 aliphatic carbocycles. The summed E-state index contributed by atoms with van der Waals surface area (Å²) in [6, 6.07) is 7.17. The Labute approximate surface area is 113 Å². The monoisotopic (exact) mass is 250 g/mol. The van der Waals surface area contributed by atoms with Crippen LogP contribution in [0.25, 0.3) is 0 Å². The fourth-order valence-electron chi connectivity index (χ4n) is 2.19. The molecule has 0 radical (unpaired) electrons. The second kappa shape index (κ2) is 5.42. The summed E-state index contributed by atoms with van der Waals surface area (Å²) in [7, 11) is -2.44. The van der Waals surface area contributed by atoms with Crippen LogP contribution in [0.5, 0.6) is 5.75 Å². The van der Waals surface area contributed by atoms with Gasteiger partial charge in [0.2, 0.25) is 5.91 Å². The number of hydrogen-bond acceptors (Lipinski definition) is 2. The Balaban J connectivity index is 2.03. The first-order valence-electron chi connectivity index (χ1n) is 7.91. The molecule has 1 saturated carbocycles. The summed E-state index contributed by atoms with van der Waals surface area (Å²) in [5.41, 5.74) is 0.971. The van der Waals surface area contributed by atoms with E-state index in [0.717, 1.165) is 24.8 Å². The van der Waals surface area contributed by atoms with E-state index in [1.54, 1.807) is 18.2 Å². The number of benzene rings is 1. The predicted octanol–water partition coefficient (Wildman–Crippen LogP) is 2.64. The SMILES string of the molecule is [2H]C([2H])([2H])Oc1cccc(C2(CNC(=O)CCC)CC2)c1. The lowest BCUT2D eigenvalue weighted by molar-refractivity contribution is -0.121. The van der Waals surface area contributed by atoms with Crippen LogP contribution in [-0.2, 0) is 10.2 Å². The van der Waals surface area contributed by atoms with E-state index in [0.29, 0.717) is 18.7 Å². The van der Waals surface area contributed by atoms with Gasteiger partial charge in [0.1, 0.15) is 5.75 Å². The number of hydrogen-bond donors (Lipinski definition) is 1. The van der Waals surface area contributed by atoms with Crippen LogP contribution < -0.4 is 10.1 Å². The molecule has 3 nitrogen and oxygen atoms in total. The molecule has 0 heterocycles. The van der Waals surface area contributed by atoms with Crippen LogP contribution >= 0.6 is 0 Å². The van der Waals surface area contributed by atoms with Crippen LogP contribution in [0.4, 0.5) is 0 Å². The molecule has 1 aliphatic rings. The van der Waals surface area contributed by atoms with E-state index in [4.69, 9.17) is 8.85 Å². The van der Waals surface area contributed by atoms with Gasteiger partial charge in [0.05, 0.1) is 11.2 Å². The molecule has 0 aliphatic heterocycles. The maximum atomic E-state index is 11.6. The number of ether oxygens (including phenoxy) is 1. The first-order chi connectivity index (χ1) is 9.85. The van der Waals surface area contributed by atoms with Gasteiger partial charge in [-0.1, -0.05) is 19.1 Å². The Morgan fingerprint density at radius 1 is 1.56 bits per heavy atom. The van der Waals surface area contributed by atoms with E-state index in [1.165, 1.54) is 0 Å². The molecule has 1 aromatic carbocycles. The first-order valence-corrected chi connectivity index (χ1v) is 6.41. The fourth-order valence-corrected chi connectivity index (χ4v) is 2.19. The maximum Gasteiger partial charge on any atom is 0.220 e. The highest BCUT2D eigenvalue weighted by Crippen LogP contribution is 2.48. The molecular weight excluding hydrogens is 226 g/mol. The van der Waals surface area contributed by atoms with Gasteiger partial charge in [-0.25, -0.2) is 0 Å². The highest BCUT2D eigenvalue weighted by molar-refractivity contribution is 5.76. The first kappa shape index (κ1) is 9.42. The smallest absolute Gasteiger partial charge is 0.220 e. The molecule has 0 atom stereocenters. The van der Waals surface area contributed by atoms with Gasteiger partial charge < -0.3 is 10.1 Å². The van der Waals surface area contributed by atoms with Crippen molar-refractivity contribution >= 4 is 5.91 Å². The fraction of sp³-hybridized carbons (Fsp3) is 0.533. The standard InChI is InChI=1S/C15H21NO2/c1-3-5-14(17)16-11-15(8-9-15)12-6-4-7-13(10-12)18-2/h4,6-7,10H,3,5,8-9,11H2,1-2H3,(H,16,17)/i2D3. The summed E-state index contributed by atoms with van der Waals surface area (Å²) in [6.07, 6.45) is 3.37. The molecule has 3 heteroatoms. The zero-order chi connectivity index (χ0) is 15.5. The number of carbonyl (C=O) groups excluding carboxylic acids is 1. The van der Waals surface area contributed by atoms with E-state index in [2.05, 4.69) is 5.32 Å². The summed E-state index contributed by atoms with van der Waals surface area (Å²) in [4.78, 5) is 11.6. The zero-order valence-electron chi connectivity index (χ0n) is 13.7. The average molecular weight is 250 g/mol. The summed E-state index contributed by atoms with van der Waals surface area (Å²) >= 11 is 0. The Bertz CT molecular complexity index is 510. The molecule has 2 rings (SSSR count). The molecule has 1 aromatic rings.